The summed E-state index contributed by atoms with van der Waals surface area (Å²) in [7, 11) is 0. The van der Waals surface area contributed by atoms with E-state index >= 15 is 0 Å². The van der Waals surface area contributed by atoms with E-state index in [-0.39, 0.29) is 34.6 Å². The van der Waals surface area contributed by atoms with Gasteiger partial charge in [-0.25, -0.2) is 9.78 Å². The molecule has 3 rings (SSSR count). The lowest BCUT2D eigenvalue weighted by atomic mass is 9.83. The van der Waals surface area contributed by atoms with Crippen LogP contribution >= 0.6 is 34.4 Å². The van der Waals surface area contributed by atoms with E-state index in [2.05, 4.69) is 39.7 Å². The van der Waals surface area contributed by atoms with Crippen LogP contribution in [-0.4, -0.2) is 22.8 Å². The largest absolute Gasteiger partial charge is 0.459 e. The molecule has 9 heteroatoms. The van der Waals surface area contributed by atoms with Crippen molar-refractivity contribution >= 4 is 40.3 Å². The highest BCUT2D eigenvalue weighted by Crippen LogP contribution is 2.42. The Kier molecular flexibility index (Phi) is 8.47. The average molecular weight is 600 g/mol. The summed E-state index contributed by atoms with van der Waals surface area (Å²) in [5.41, 5.74) is 10.4. The number of esters is 1. The number of hydrogen-bond donors (Lipinski definition) is 1. The average Bonchev–Trinajstić information content (AvgIpc) is 2.80. The van der Waals surface area contributed by atoms with Crippen LogP contribution < -0.4 is 5.73 Å². The summed E-state index contributed by atoms with van der Waals surface area (Å²) in [4.78, 5) is 18.0. The van der Waals surface area contributed by atoms with Gasteiger partial charge in [-0.05, 0) is 80.0 Å². The molecule has 0 bridgehead atoms. The highest BCUT2D eigenvalue weighted by molar-refractivity contribution is 14.1. The highest BCUT2D eigenvalue weighted by atomic mass is 127. The third-order valence-corrected chi connectivity index (χ3v) is 7.65. The van der Waals surface area contributed by atoms with E-state index in [1.54, 1.807) is 13.8 Å². The Morgan fingerprint density at radius 1 is 1.23 bits per heavy atom. The first-order valence-corrected chi connectivity index (χ1v) is 12.9. The van der Waals surface area contributed by atoms with E-state index in [1.807, 2.05) is 45.0 Å². The molecule has 1 aromatic carbocycles. The molecule has 0 spiro atoms. The van der Waals surface area contributed by atoms with Crippen molar-refractivity contribution in [3.05, 3.63) is 78.6 Å². The van der Waals surface area contributed by atoms with E-state index in [4.69, 9.17) is 15.2 Å². The standard InChI is InChI=1S/C26H25IN4O3S/c1-13(2)33-26(32)23-21(12-35-25-18(10-28)15(4)14(3)16(5)31-25)34-24(30)19(11-29)22(23)17-8-6-7-9-20(17)27/h6-9,13,22H,12,30H2,1-5H3/t22-/m1/s1. The number of rotatable bonds is 6. The number of allylic oxidation sites excluding steroid dienone is 1. The molecule has 1 aliphatic rings. The van der Waals surface area contributed by atoms with Gasteiger partial charge in [-0.3, -0.25) is 0 Å². The van der Waals surface area contributed by atoms with Crippen molar-refractivity contribution in [2.24, 2.45) is 5.73 Å². The van der Waals surface area contributed by atoms with Crippen LogP contribution in [0.3, 0.4) is 0 Å². The fraction of sp³-hybridized carbons (Fsp3) is 0.308. The second-order valence-corrected chi connectivity index (χ2v) is 10.4. The Morgan fingerprint density at radius 2 is 1.91 bits per heavy atom. The predicted molar refractivity (Wildman–Crippen MR) is 142 cm³/mol. The SMILES string of the molecule is Cc1nc(SCC2=C(C(=O)OC(C)C)[C@H](c3ccccc3I)C(C#N)=C(N)O2)c(C#N)c(C)c1C. The van der Waals surface area contributed by atoms with Crippen molar-refractivity contribution in [2.45, 2.75) is 51.7 Å². The maximum atomic E-state index is 13.4. The molecule has 35 heavy (non-hydrogen) atoms. The van der Waals surface area contributed by atoms with Crippen LogP contribution in [0.2, 0.25) is 0 Å². The van der Waals surface area contributed by atoms with Crippen LogP contribution in [0.4, 0.5) is 0 Å². The number of carbonyl (C=O) groups is 1. The zero-order chi connectivity index (χ0) is 25.9. The van der Waals surface area contributed by atoms with Crippen LogP contribution in [-0.2, 0) is 14.3 Å². The zero-order valence-electron chi connectivity index (χ0n) is 20.1. The lowest BCUT2D eigenvalue weighted by molar-refractivity contribution is -0.143. The van der Waals surface area contributed by atoms with Gasteiger partial charge < -0.3 is 15.2 Å². The number of nitriles is 2. The molecule has 0 saturated heterocycles. The van der Waals surface area contributed by atoms with Crippen molar-refractivity contribution in [2.75, 3.05) is 5.75 Å². The maximum Gasteiger partial charge on any atom is 0.338 e. The van der Waals surface area contributed by atoms with Crippen molar-refractivity contribution in [1.82, 2.24) is 4.98 Å². The third kappa shape index (κ3) is 5.47. The molecule has 7 nitrogen and oxygen atoms in total. The van der Waals surface area contributed by atoms with Gasteiger partial charge >= 0.3 is 5.97 Å². The van der Waals surface area contributed by atoms with Gasteiger partial charge in [0.1, 0.15) is 28.5 Å². The van der Waals surface area contributed by atoms with Gasteiger partial charge in [-0.2, -0.15) is 10.5 Å². The lowest BCUT2D eigenvalue weighted by Crippen LogP contribution is -2.28. The van der Waals surface area contributed by atoms with Crippen molar-refractivity contribution < 1.29 is 14.3 Å². The number of aromatic nitrogens is 1. The van der Waals surface area contributed by atoms with Gasteiger partial charge in [0.2, 0.25) is 5.88 Å². The summed E-state index contributed by atoms with van der Waals surface area (Å²) in [6.07, 6.45) is -0.373. The molecule has 1 aromatic heterocycles. The fourth-order valence-corrected chi connectivity index (χ4v) is 5.45. The number of benzene rings is 1. The van der Waals surface area contributed by atoms with Gasteiger partial charge in [0.05, 0.1) is 28.9 Å². The number of nitrogens with two attached hydrogens (primary N) is 1. The van der Waals surface area contributed by atoms with Gasteiger partial charge in [-0.15, -0.1) is 0 Å². The van der Waals surface area contributed by atoms with Crippen molar-refractivity contribution in [3.63, 3.8) is 0 Å². The number of hydrogen-bond acceptors (Lipinski definition) is 8. The summed E-state index contributed by atoms with van der Waals surface area (Å²) >= 11 is 3.45. The van der Waals surface area contributed by atoms with Gasteiger partial charge in [-0.1, -0.05) is 30.0 Å². The van der Waals surface area contributed by atoms with Crippen LogP contribution in [0.15, 0.2) is 52.1 Å². The molecule has 2 aromatic rings. The van der Waals surface area contributed by atoms with E-state index in [0.717, 1.165) is 26.0 Å². The first kappa shape index (κ1) is 26.6. The molecule has 180 valence electrons. The number of pyridine rings is 1. The van der Waals surface area contributed by atoms with Crippen LogP contribution in [0.5, 0.6) is 0 Å². The number of halogens is 1. The molecule has 0 amide bonds. The minimum Gasteiger partial charge on any atom is -0.459 e. The molecular formula is C26H25IN4O3S. The zero-order valence-corrected chi connectivity index (χ0v) is 23.1. The van der Waals surface area contributed by atoms with Crippen LogP contribution in [0, 0.1) is 47.0 Å². The second kappa shape index (κ2) is 11.1. The minimum atomic E-state index is -0.742. The van der Waals surface area contributed by atoms with Gasteiger partial charge in [0.15, 0.2) is 0 Å². The van der Waals surface area contributed by atoms with Crippen molar-refractivity contribution in [1.29, 1.82) is 10.5 Å². The molecule has 0 fully saturated rings. The van der Waals surface area contributed by atoms with Crippen LogP contribution in [0.1, 0.15) is 47.7 Å². The Hall–Kier alpha value is -3.02. The fourth-order valence-electron chi connectivity index (χ4n) is 3.73. The van der Waals surface area contributed by atoms with Gasteiger partial charge in [0.25, 0.3) is 0 Å². The first-order valence-electron chi connectivity index (χ1n) is 10.9. The lowest BCUT2D eigenvalue weighted by Gasteiger charge is -2.29. The quantitative estimate of drug-likeness (QED) is 0.270. The topological polar surface area (TPSA) is 122 Å². The van der Waals surface area contributed by atoms with Gasteiger partial charge in [0, 0.05) is 9.26 Å². The maximum absolute atomic E-state index is 13.4. The number of aryl methyl sites for hydroxylation is 1. The summed E-state index contributed by atoms with van der Waals surface area (Å²) in [6, 6.07) is 11.8. The molecule has 2 N–H and O–H groups in total. The second-order valence-electron chi connectivity index (χ2n) is 8.27. The minimum absolute atomic E-state index is 0.0569. The predicted octanol–water partition coefficient (Wildman–Crippen LogP) is 5.29. The molecule has 0 saturated carbocycles. The summed E-state index contributed by atoms with van der Waals surface area (Å²) in [6.45, 7) is 9.23. The Labute approximate surface area is 223 Å². The normalized spacial score (nSPS) is 15.5. The molecule has 1 atom stereocenters. The Balaban J connectivity index is 2.16. The highest BCUT2D eigenvalue weighted by Gasteiger charge is 2.39. The monoisotopic (exact) mass is 600 g/mol. The van der Waals surface area contributed by atoms with Crippen molar-refractivity contribution in [3.8, 4) is 12.1 Å². The van der Waals surface area contributed by atoms with E-state index in [9.17, 15) is 15.3 Å². The number of thioether (sulfide) groups is 1. The molecule has 0 radical (unpaired) electrons. The molecule has 0 aliphatic carbocycles. The summed E-state index contributed by atoms with van der Waals surface area (Å²) in [5.74, 6) is -0.924. The summed E-state index contributed by atoms with van der Waals surface area (Å²) < 4.78 is 12.3. The first-order chi connectivity index (χ1) is 16.6. The van der Waals surface area contributed by atoms with E-state index < -0.39 is 11.9 Å². The molecule has 1 aliphatic heterocycles. The number of ether oxygens (including phenoxy) is 2. The summed E-state index contributed by atoms with van der Waals surface area (Å²) in [5, 5.41) is 20.2. The van der Waals surface area contributed by atoms with Crippen LogP contribution in [0.25, 0.3) is 0 Å². The van der Waals surface area contributed by atoms with E-state index in [0.29, 0.717) is 10.6 Å². The Bertz CT molecular complexity index is 1340. The third-order valence-electron chi connectivity index (χ3n) is 5.69. The molecule has 2 heterocycles. The Morgan fingerprint density at radius 3 is 2.51 bits per heavy atom. The number of carbonyl (C=O) groups excluding carboxylic acids is 1. The molecular weight excluding hydrogens is 575 g/mol. The molecule has 0 unspecified atom stereocenters. The smallest absolute Gasteiger partial charge is 0.338 e. The number of nitrogens with zero attached hydrogens (tertiary/aromatic N) is 3. The van der Waals surface area contributed by atoms with E-state index in [1.165, 1.54) is 11.8 Å².